The second kappa shape index (κ2) is 7.39. The highest BCUT2D eigenvalue weighted by molar-refractivity contribution is 7.14. The summed E-state index contributed by atoms with van der Waals surface area (Å²) in [5, 5.41) is 14.0. The largest absolute Gasteiger partial charge is 0.507 e. The summed E-state index contributed by atoms with van der Waals surface area (Å²) in [7, 11) is 0. The first-order valence-corrected chi connectivity index (χ1v) is 9.83. The molecule has 1 saturated heterocycles. The molecule has 1 fully saturated rings. The molecular weight excluding hydrogens is 419 g/mol. The van der Waals surface area contributed by atoms with Gasteiger partial charge >= 0.3 is 5.91 Å². The van der Waals surface area contributed by atoms with Gasteiger partial charge in [-0.15, -0.1) is 11.3 Å². The lowest BCUT2D eigenvalue weighted by molar-refractivity contribution is -0.132. The highest BCUT2D eigenvalue weighted by atomic mass is 35.5. The molecule has 1 N–H and O–H groups in total. The molecule has 1 aliphatic heterocycles. The zero-order valence-electron chi connectivity index (χ0n) is 14.2. The fourth-order valence-corrected chi connectivity index (χ4v) is 4.01. The van der Waals surface area contributed by atoms with E-state index in [-0.39, 0.29) is 11.3 Å². The number of Topliss-reactive ketones (excluding diaryl/α,β-unsaturated/α-hetero) is 1. The maximum absolute atomic E-state index is 12.9. The lowest BCUT2D eigenvalue weighted by Gasteiger charge is -2.23. The van der Waals surface area contributed by atoms with Crippen molar-refractivity contribution >= 4 is 57.1 Å². The Labute approximate surface area is 174 Å². The number of halogens is 2. The van der Waals surface area contributed by atoms with Gasteiger partial charge in [0, 0.05) is 27.2 Å². The number of rotatable bonds is 3. The average Bonchev–Trinajstić information content (AvgIpc) is 3.30. The SMILES string of the molecule is O=C1C(=O)N(c2nccs2)C(c2ccc(Cl)cc2)/C1=C(/O)c1ccc(Cl)cc1. The van der Waals surface area contributed by atoms with Crippen molar-refractivity contribution in [2.45, 2.75) is 6.04 Å². The van der Waals surface area contributed by atoms with Gasteiger partial charge in [0.1, 0.15) is 5.76 Å². The molecule has 2 aromatic carbocycles. The van der Waals surface area contributed by atoms with Gasteiger partial charge in [-0.05, 0) is 42.0 Å². The highest BCUT2D eigenvalue weighted by Crippen LogP contribution is 2.42. The Morgan fingerprint density at radius 2 is 1.61 bits per heavy atom. The lowest BCUT2D eigenvalue weighted by atomic mass is 9.95. The van der Waals surface area contributed by atoms with E-state index in [4.69, 9.17) is 23.2 Å². The van der Waals surface area contributed by atoms with Gasteiger partial charge < -0.3 is 5.11 Å². The third-order valence-electron chi connectivity index (χ3n) is 4.37. The Morgan fingerprint density at radius 3 is 2.18 bits per heavy atom. The van der Waals surface area contributed by atoms with E-state index in [1.165, 1.54) is 16.2 Å². The van der Waals surface area contributed by atoms with Crippen LogP contribution in [0.15, 0.2) is 65.7 Å². The van der Waals surface area contributed by atoms with Crippen molar-refractivity contribution in [1.82, 2.24) is 4.98 Å². The third-order valence-corrected chi connectivity index (χ3v) is 5.65. The van der Waals surface area contributed by atoms with Crippen molar-refractivity contribution in [2.24, 2.45) is 0 Å². The number of benzene rings is 2. The van der Waals surface area contributed by atoms with Crippen molar-refractivity contribution in [3.63, 3.8) is 0 Å². The molecule has 28 heavy (non-hydrogen) atoms. The molecule has 3 aromatic rings. The number of aromatic nitrogens is 1. The van der Waals surface area contributed by atoms with Crippen LogP contribution in [0.4, 0.5) is 5.13 Å². The number of aliphatic hydroxyl groups excluding tert-OH is 1. The molecule has 1 amide bonds. The molecule has 140 valence electrons. The van der Waals surface area contributed by atoms with Crippen LogP contribution in [0.2, 0.25) is 10.0 Å². The van der Waals surface area contributed by atoms with Gasteiger partial charge in [0.25, 0.3) is 5.78 Å². The molecule has 0 radical (unpaired) electrons. The van der Waals surface area contributed by atoms with Crippen molar-refractivity contribution in [2.75, 3.05) is 4.90 Å². The maximum atomic E-state index is 12.9. The van der Waals surface area contributed by atoms with E-state index in [1.54, 1.807) is 60.1 Å². The fraction of sp³-hybridized carbons (Fsp3) is 0.0500. The van der Waals surface area contributed by atoms with Gasteiger partial charge in [-0.3, -0.25) is 14.5 Å². The molecular formula is C20H12Cl2N2O3S. The molecule has 4 rings (SSSR count). The zero-order chi connectivity index (χ0) is 19.8. The van der Waals surface area contributed by atoms with E-state index < -0.39 is 17.7 Å². The number of thiazole rings is 1. The van der Waals surface area contributed by atoms with Crippen LogP contribution in [0, 0.1) is 0 Å². The Bertz CT molecular complexity index is 1080. The standard InChI is InChI=1S/C20H12Cl2N2O3S/c21-13-5-1-11(2-6-13)16-15(17(25)12-3-7-14(22)8-4-12)18(26)19(27)24(16)20-23-9-10-28-20/h1-10,16,25H/b17-15-. The Kier molecular flexibility index (Phi) is 4.93. The van der Waals surface area contributed by atoms with Crippen LogP contribution in [0.5, 0.6) is 0 Å². The van der Waals surface area contributed by atoms with Crippen molar-refractivity contribution in [1.29, 1.82) is 0 Å². The molecule has 2 heterocycles. The molecule has 0 aliphatic carbocycles. The minimum Gasteiger partial charge on any atom is -0.507 e. The van der Waals surface area contributed by atoms with E-state index in [0.29, 0.717) is 26.3 Å². The Morgan fingerprint density at radius 1 is 1.00 bits per heavy atom. The van der Waals surface area contributed by atoms with E-state index in [9.17, 15) is 14.7 Å². The predicted octanol–water partition coefficient (Wildman–Crippen LogP) is 5.08. The van der Waals surface area contributed by atoms with Crippen molar-refractivity contribution < 1.29 is 14.7 Å². The van der Waals surface area contributed by atoms with Crippen LogP contribution >= 0.6 is 34.5 Å². The summed E-state index contributed by atoms with van der Waals surface area (Å²) in [6, 6.07) is 12.3. The van der Waals surface area contributed by atoms with E-state index >= 15 is 0 Å². The topological polar surface area (TPSA) is 70.5 Å². The van der Waals surface area contributed by atoms with Gasteiger partial charge in [-0.1, -0.05) is 35.3 Å². The fourth-order valence-electron chi connectivity index (χ4n) is 3.09. The molecule has 1 atom stereocenters. The predicted molar refractivity (Wildman–Crippen MR) is 110 cm³/mol. The number of amides is 1. The number of ketones is 1. The summed E-state index contributed by atoms with van der Waals surface area (Å²) in [5.41, 5.74) is 1.01. The van der Waals surface area contributed by atoms with Gasteiger partial charge in [0.15, 0.2) is 5.13 Å². The van der Waals surface area contributed by atoms with Crippen molar-refractivity contribution in [3.8, 4) is 0 Å². The maximum Gasteiger partial charge on any atom is 0.301 e. The summed E-state index contributed by atoms with van der Waals surface area (Å²) in [6.07, 6.45) is 1.55. The average molecular weight is 431 g/mol. The third kappa shape index (κ3) is 3.20. The first-order valence-electron chi connectivity index (χ1n) is 8.19. The molecule has 1 aliphatic rings. The number of aliphatic hydroxyl groups is 1. The number of nitrogens with zero attached hydrogens (tertiary/aromatic N) is 2. The quantitative estimate of drug-likeness (QED) is 0.357. The summed E-state index contributed by atoms with van der Waals surface area (Å²) < 4.78 is 0. The zero-order valence-corrected chi connectivity index (χ0v) is 16.5. The Hall–Kier alpha value is -2.67. The van der Waals surface area contributed by atoms with Crippen molar-refractivity contribution in [3.05, 3.63) is 86.9 Å². The summed E-state index contributed by atoms with van der Waals surface area (Å²) in [5.74, 6) is -1.79. The summed E-state index contributed by atoms with van der Waals surface area (Å²) >= 11 is 13.1. The number of hydrogen-bond acceptors (Lipinski definition) is 5. The monoisotopic (exact) mass is 430 g/mol. The van der Waals surface area contributed by atoms with E-state index in [0.717, 1.165) is 0 Å². The molecule has 1 unspecified atom stereocenters. The van der Waals surface area contributed by atoms with E-state index in [1.807, 2.05) is 0 Å². The smallest absolute Gasteiger partial charge is 0.301 e. The minimum atomic E-state index is -0.820. The Balaban J connectivity index is 1.93. The second-order valence-electron chi connectivity index (χ2n) is 6.04. The number of carbonyl (C=O) groups excluding carboxylic acids is 2. The number of anilines is 1. The highest BCUT2D eigenvalue weighted by Gasteiger charge is 2.47. The van der Waals surface area contributed by atoms with Gasteiger partial charge in [0.05, 0.1) is 11.6 Å². The van der Waals surface area contributed by atoms with Crippen LogP contribution in [-0.4, -0.2) is 21.8 Å². The van der Waals surface area contributed by atoms with Crippen LogP contribution < -0.4 is 4.90 Å². The van der Waals surface area contributed by atoms with E-state index in [2.05, 4.69) is 4.98 Å². The minimum absolute atomic E-state index is 0.00940. The first-order chi connectivity index (χ1) is 13.5. The summed E-state index contributed by atoms with van der Waals surface area (Å²) in [4.78, 5) is 31.1. The number of carbonyl (C=O) groups is 2. The van der Waals surface area contributed by atoms with Crippen LogP contribution in [0.3, 0.4) is 0 Å². The van der Waals surface area contributed by atoms with Crippen LogP contribution in [0.25, 0.3) is 5.76 Å². The summed E-state index contributed by atoms with van der Waals surface area (Å²) in [6.45, 7) is 0. The first kappa shape index (κ1) is 18.7. The molecule has 1 aromatic heterocycles. The number of hydrogen-bond donors (Lipinski definition) is 1. The molecule has 5 nitrogen and oxygen atoms in total. The van der Waals surface area contributed by atoms with Crippen LogP contribution in [0.1, 0.15) is 17.2 Å². The van der Waals surface area contributed by atoms with Gasteiger partial charge in [-0.2, -0.15) is 0 Å². The van der Waals surface area contributed by atoms with Crippen LogP contribution in [-0.2, 0) is 9.59 Å². The molecule has 0 saturated carbocycles. The lowest BCUT2D eigenvalue weighted by Crippen LogP contribution is -2.29. The van der Waals surface area contributed by atoms with Gasteiger partial charge in [0.2, 0.25) is 0 Å². The van der Waals surface area contributed by atoms with Gasteiger partial charge in [-0.25, -0.2) is 4.98 Å². The molecule has 0 spiro atoms. The second-order valence-corrected chi connectivity index (χ2v) is 7.79. The normalized spacial score (nSPS) is 18.6. The molecule has 0 bridgehead atoms. The molecule has 8 heteroatoms.